The van der Waals surface area contributed by atoms with Crippen LogP contribution in [0.3, 0.4) is 0 Å². The summed E-state index contributed by atoms with van der Waals surface area (Å²) in [5.74, 6) is -1.05. The zero-order valence-electron chi connectivity index (χ0n) is 10.7. The van der Waals surface area contributed by atoms with Gasteiger partial charge in [-0.05, 0) is 37.1 Å². The molecular weight excluding hydrogens is 270 g/mol. The maximum absolute atomic E-state index is 9.67. The second-order valence-electron chi connectivity index (χ2n) is 3.51. The molecule has 1 rings (SSSR count). The van der Waals surface area contributed by atoms with E-state index in [4.69, 9.17) is 21.1 Å². The van der Waals surface area contributed by atoms with E-state index in [9.17, 15) is 4.79 Å². The lowest BCUT2D eigenvalue weighted by Crippen LogP contribution is -2.02. The van der Waals surface area contributed by atoms with Crippen LogP contribution in [0.2, 0.25) is 0 Å². The van der Waals surface area contributed by atoms with Crippen LogP contribution < -0.4 is 5.73 Å². The number of phenolic OH excluding ortho intramolecular Hbond substituents is 2. The zero-order chi connectivity index (χ0) is 14.0. The molecule has 0 bridgehead atoms. The van der Waals surface area contributed by atoms with Crippen molar-refractivity contribution < 1.29 is 20.1 Å². The molecule has 0 aliphatic heterocycles. The lowest BCUT2D eigenvalue weighted by Gasteiger charge is -2.00. The third-order valence-corrected chi connectivity index (χ3v) is 1.97. The standard InChI is InChI=1S/C8H11NO2.C5H8O2.ClH/c9-4-3-6-1-2-7(10)8(11)5-6;1-2-3-4-5(6)7;/h1-2,5,10-11H,3-4,9H2;3-4H,2H2,1H3,(H,6,7);1H. The molecule has 5 N–H and O–H groups in total. The summed E-state index contributed by atoms with van der Waals surface area (Å²) in [6.07, 6.45) is 4.24. The highest BCUT2D eigenvalue weighted by atomic mass is 35.5. The molecule has 0 aliphatic carbocycles. The maximum atomic E-state index is 9.67. The van der Waals surface area contributed by atoms with E-state index in [1.165, 1.54) is 12.1 Å². The van der Waals surface area contributed by atoms with Crippen molar-refractivity contribution in [3.05, 3.63) is 35.9 Å². The molecule has 19 heavy (non-hydrogen) atoms. The Kier molecular flexibility index (Phi) is 11.7. The number of phenols is 2. The molecule has 0 saturated heterocycles. The van der Waals surface area contributed by atoms with Crippen molar-refractivity contribution in [3.63, 3.8) is 0 Å². The van der Waals surface area contributed by atoms with Gasteiger partial charge >= 0.3 is 5.97 Å². The molecule has 0 radical (unpaired) electrons. The van der Waals surface area contributed by atoms with Crippen molar-refractivity contribution in [2.75, 3.05) is 6.54 Å². The van der Waals surface area contributed by atoms with E-state index < -0.39 is 5.97 Å². The smallest absolute Gasteiger partial charge is 0.327 e. The predicted molar refractivity (Wildman–Crippen MR) is 76.8 cm³/mol. The first-order chi connectivity index (χ1) is 8.51. The number of carboxylic acid groups (broad SMARTS) is 1. The Labute approximate surface area is 118 Å². The van der Waals surface area contributed by atoms with Gasteiger partial charge in [0.2, 0.25) is 0 Å². The van der Waals surface area contributed by atoms with Gasteiger partial charge in [0.1, 0.15) is 0 Å². The third kappa shape index (κ3) is 9.93. The van der Waals surface area contributed by atoms with Crippen LogP contribution in [0.4, 0.5) is 0 Å². The minimum atomic E-state index is -0.873. The molecule has 0 amide bonds. The van der Waals surface area contributed by atoms with E-state index >= 15 is 0 Å². The van der Waals surface area contributed by atoms with Gasteiger partial charge < -0.3 is 21.1 Å². The zero-order valence-corrected chi connectivity index (χ0v) is 11.6. The fourth-order valence-electron chi connectivity index (χ4n) is 1.11. The number of nitrogens with two attached hydrogens (primary N) is 1. The summed E-state index contributed by atoms with van der Waals surface area (Å²) in [5.41, 5.74) is 6.24. The van der Waals surface area contributed by atoms with Crippen LogP contribution in [0.25, 0.3) is 0 Å². The average Bonchev–Trinajstić information content (AvgIpc) is 2.32. The summed E-state index contributed by atoms with van der Waals surface area (Å²) in [6.45, 7) is 2.43. The van der Waals surface area contributed by atoms with Gasteiger partial charge in [-0.25, -0.2) is 4.79 Å². The topological polar surface area (TPSA) is 104 Å². The quantitative estimate of drug-likeness (QED) is 0.502. The number of aromatic hydroxyl groups is 2. The van der Waals surface area contributed by atoms with Crippen molar-refractivity contribution >= 4 is 18.4 Å². The number of rotatable bonds is 4. The number of aliphatic carboxylic acids is 1. The number of allylic oxidation sites excluding steroid dienone is 1. The van der Waals surface area contributed by atoms with Gasteiger partial charge in [-0.3, -0.25) is 0 Å². The number of carbonyl (C=O) groups is 1. The largest absolute Gasteiger partial charge is 0.504 e. The molecule has 6 heteroatoms. The lowest BCUT2D eigenvalue weighted by atomic mass is 10.1. The predicted octanol–water partition coefficient (Wildman–Crippen LogP) is 2.06. The number of benzene rings is 1. The van der Waals surface area contributed by atoms with Gasteiger partial charge in [0, 0.05) is 6.08 Å². The van der Waals surface area contributed by atoms with E-state index in [-0.39, 0.29) is 23.9 Å². The fourth-order valence-corrected chi connectivity index (χ4v) is 1.11. The van der Waals surface area contributed by atoms with Crippen molar-refractivity contribution in [2.24, 2.45) is 5.73 Å². The second-order valence-corrected chi connectivity index (χ2v) is 3.51. The number of hydrogen-bond donors (Lipinski definition) is 4. The van der Waals surface area contributed by atoms with E-state index in [1.807, 2.05) is 6.92 Å². The van der Waals surface area contributed by atoms with Gasteiger partial charge in [-0.15, -0.1) is 12.4 Å². The van der Waals surface area contributed by atoms with Crippen LogP contribution >= 0.6 is 12.4 Å². The summed E-state index contributed by atoms with van der Waals surface area (Å²) < 4.78 is 0. The van der Waals surface area contributed by atoms with Crippen molar-refractivity contribution in [1.29, 1.82) is 0 Å². The van der Waals surface area contributed by atoms with E-state index in [0.29, 0.717) is 13.0 Å². The molecule has 0 fully saturated rings. The van der Waals surface area contributed by atoms with Crippen molar-refractivity contribution in [3.8, 4) is 11.5 Å². The molecule has 108 valence electrons. The first kappa shape index (κ1) is 19.6. The number of carboxylic acids is 1. The Morgan fingerprint density at radius 1 is 1.32 bits per heavy atom. The molecule has 0 heterocycles. The van der Waals surface area contributed by atoms with Gasteiger partial charge in [0.15, 0.2) is 11.5 Å². The first-order valence-electron chi connectivity index (χ1n) is 5.61. The molecule has 1 aromatic carbocycles. The van der Waals surface area contributed by atoms with Crippen molar-refractivity contribution in [2.45, 2.75) is 19.8 Å². The van der Waals surface area contributed by atoms with E-state index in [2.05, 4.69) is 0 Å². The van der Waals surface area contributed by atoms with E-state index in [0.717, 1.165) is 18.1 Å². The van der Waals surface area contributed by atoms with E-state index in [1.54, 1.807) is 12.1 Å². The van der Waals surface area contributed by atoms with Gasteiger partial charge in [-0.1, -0.05) is 19.1 Å². The van der Waals surface area contributed by atoms with Crippen LogP contribution in [0.15, 0.2) is 30.4 Å². The summed E-state index contributed by atoms with van der Waals surface area (Å²) in [6, 6.07) is 4.71. The highest BCUT2D eigenvalue weighted by Crippen LogP contribution is 2.24. The monoisotopic (exact) mass is 289 g/mol. The van der Waals surface area contributed by atoms with Gasteiger partial charge in [0.05, 0.1) is 0 Å². The minimum absolute atomic E-state index is 0. The number of halogens is 1. The minimum Gasteiger partial charge on any atom is -0.504 e. The SMILES string of the molecule is CCC=CC(=O)O.Cl.NCCc1ccc(O)c(O)c1. The summed E-state index contributed by atoms with van der Waals surface area (Å²) in [5, 5.41) is 25.9. The molecule has 0 aliphatic rings. The highest BCUT2D eigenvalue weighted by molar-refractivity contribution is 5.85. The molecule has 0 saturated carbocycles. The first-order valence-corrected chi connectivity index (χ1v) is 5.61. The Balaban J connectivity index is 0. The molecule has 0 unspecified atom stereocenters. The molecule has 1 aromatic rings. The Hall–Kier alpha value is -1.72. The molecule has 5 nitrogen and oxygen atoms in total. The van der Waals surface area contributed by atoms with Crippen LogP contribution in [0.1, 0.15) is 18.9 Å². The van der Waals surface area contributed by atoms with Crippen LogP contribution in [-0.2, 0) is 11.2 Å². The summed E-state index contributed by atoms with van der Waals surface area (Å²) in [7, 11) is 0. The Morgan fingerprint density at radius 3 is 2.32 bits per heavy atom. The van der Waals surface area contributed by atoms with Gasteiger partial charge in [-0.2, -0.15) is 0 Å². The Bertz CT molecular complexity index is 408. The normalized spacial score (nSPS) is 9.37. The second kappa shape index (κ2) is 11.4. The maximum Gasteiger partial charge on any atom is 0.327 e. The molecule has 0 aromatic heterocycles. The van der Waals surface area contributed by atoms with Crippen molar-refractivity contribution in [1.82, 2.24) is 0 Å². The van der Waals surface area contributed by atoms with Crippen LogP contribution in [0.5, 0.6) is 11.5 Å². The molecular formula is C13H20ClNO4. The highest BCUT2D eigenvalue weighted by Gasteiger charge is 1.98. The lowest BCUT2D eigenvalue weighted by molar-refractivity contribution is -0.131. The average molecular weight is 290 g/mol. The van der Waals surface area contributed by atoms with Crippen LogP contribution in [0, 0.1) is 0 Å². The van der Waals surface area contributed by atoms with Gasteiger partial charge in [0.25, 0.3) is 0 Å². The van der Waals surface area contributed by atoms with Crippen LogP contribution in [-0.4, -0.2) is 27.8 Å². The molecule has 0 atom stereocenters. The fraction of sp³-hybridized carbons (Fsp3) is 0.308. The summed E-state index contributed by atoms with van der Waals surface area (Å²) >= 11 is 0. The molecule has 0 spiro atoms. The number of hydrogen-bond acceptors (Lipinski definition) is 4. The third-order valence-electron chi connectivity index (χ3n) is 1.97. The summed E-state index contributed by atoms with van der Waals surface area (Å²) in [4.78, 5) is 9.67. The Morgan fingerprint density at radius 2 is 1.95 bits per heavy atom.